The number of methoxy groups -OCH3 is 1. The van der Waals surface area contributed by atoms with Crippen molar-refractivity contribution in [3.8, 4) is 5.75 Å². The van der Waals surface area contributed by atoms with Crippen LogP contribution >= 0.6 is 11.6 Å². The fraction of sp³-hybridized carbons (Fsp3) is 0.143. The van der Waals surface area contributed by atoms with E-state index in [-0.39, 0.29) is 10.6 Å². The lowest BCUT2D eigenvalue weighted by Crippen LogP contribution is -2.15. The zero-order chi connectivity index (χ0) is 15.6. The van der Waals surface area contributed by atoms with Crippen LogP contribution in [0.3, 0.4) is 0 Å². The maximum atomic E-state index is 12.5. The number of anilines is 2. The fourth-order valence-electron chi connectivity index (χ4n) is 1.92. The molecule has 0 aliphatic rings. The quantitative estimate of drug-likeness (QED) is 0.846. The molecule has 0 fully saturated rings. The van der Waals surface area contributed by atoms with Crippen LogP contribution in [0.2, 0.25) is 5.02 Å². The van der Waals surface area contributed by atoms with Gasteiger partial charge in [-0.2, -0.15) is 0 Å². The van der Waals surface area contributed by atoms with Crippen LogP contribution in [-0.4, -0.2) is 15.5 Å². The summed E-state index contributed by atoms with van der Waals surface area (Å²) in [5.41, 5.74) is 6.95. The average Bonchev–Trinajstić information content (AvgIpc) is 2.37. The van der Waals surface area contributed by atoms with Crippen LogP contribution in [0.5, 0.6) is 5.75 Å². The van der Waals surface area contributed by atoms with Gasteiger partial charge >= 0.3 is 0 Å². The zero-order valence-corrected chi connectivity index (χ0v) is 13.1. The van der Waals surface area contributed by atoms with E-state index in [9.17, 15) is 8.42 Å². The molecule has 5 nitrogen and oxygen atoms in total. The highest BCUT2D eigenvalue weighted by Crippen LogP contribution is 2.30. The van der Waals surface area contributed by atoms with Crippen molar-refractivity contribution in [1.82, 2.24) is 0 Å². The second kappa shape index (κ2) is 5.83. The van der Waals surface area contributed by atoms with E-state index in [0.29, 0.717) is 22.0 Å². The van der Waals surface area contributed by atoms with Gasteiger partial charge in [0.2, 0.25) is 0 Å². The normalized spacial score (nSPS) is 11.2. The average molecular weight is 327 g/mol. The smallest absolute Gasteiger partial charge is 0.262 e. The second-order valence-corrected chi connectivity index (χ2v) is 6.56. The Morgan fingerprint density at radius 3 is 2.52 bits per heavy atom. The highest BCUT2D eigenvalue weighted by molar-refractivity contribution is 7.92. The number of aryl methyl sites for hydroxylation is 1. The molecule has 7 heteroatoms. The van der Waals surface area contributed by atoms with E-state index in [1.54, 1.807) is 25.1 Å². The number of nitrogens with two attached hydrogens (primary N) is 1. The topological polar surface area (TPSA) is 81.4 Å². The van der Waals surface area contributed by atoms with Gasteiger partial charge in [-0.3, -0.25) is 4.72 Å². The number of nitrogens with one attached hydrogen (secondary N) is 1. The molecule has 21 heavy (non-hydrogen) atoms. The standard InChI is InChI=1S/C14H15ClN2O3S/c1-9-7-10(15)3-6-14(9)21(18,19)17-12-8-11(16)4-5-13(12)20-2/h3-8,17H,16H2,1-2H3. The number of benzene rings is 2. The summed E-state index contributed by atoms with van der Waals surface area (Å²) in [4.78, 5) is 0.149. The predicted molar refractivity (Wildman–Crippen MR) is 84.4 cm³/mol. The number of sulfonamides is 1. The minimum atomic E-state index is -3.75. The molecule has 2 aromatic rings. The highest BCUT2D eigenvalue weighted by Gasteiger charge is 2.19. The molecule has 0 amide bonds. The van der Waals surface area contributed by atoms with E-state index in [1.165, 1.54) is 25.3 Å². The molecule has 0 heterocycles. The van der Waals surface area contributed by atoms with E-state index in [1.807, 2.05) is 0 Å². The van der Waals surface area contributed by atoms with Gasteiger partial charge < -0.3 is 10.5 Å². The minimum Gasteiger partial charge on any atom is -0.495 e. The van der Waals surface area contributed by atoms with Crippen molar-refractivity contribution in [1.29, 1.82) is 0 Å². The molecule has 0 atom stereocenters. The van der Waals surface area contributed by atoms with Gasteiger partial charge in [0.1, 0.15) is 5.75 Å². The third-order valence-corrected chi connectivity index (χ3v) is 4.66. The molecule has 0 saturated heterocycles. The number of halogens is 1. The first-order valence-corrected chi connectivity index (χ1v) is 7.92. The highest BCUT2D eigenvalue weighted by atomic mass is 35.5. The van der Waals surface area contributed by atoms with Crippen LogP contribution < -0.4 is 15.2 Å². The van der Waals surface area contributed by atoms with Gasteiger partial charge in [0.15, 0.2) is 0 Å². The Labute approximate surface area is 128 Å². The van der Waals surface area contributed by atoms with Gasteiger partial charge in [0.05, 0.1) is 17.7 Å². The Bertz CT molecular complexity index is 776. The van der Waals surface area contributed by atoms with Gasteiger partial charge in [-0.05, 0) is 48.9 Å². The van der Waals surface area contributed by atoms with Crippen LogP contribution in [0.1, 0.15) is 5.56 Å². The lowest BCUT2D eigenvalue weighted by atomic mass is 10.2. The fourth-order valence-corrected chi connectivity index (χ4v) is 3.44. The lowest BCUT2D eigenvalue weighted by molar-refractivity contribution is 0.417. The van der Waals surface area contributed by atoms with Gasteiger partial charge in [0.25, 0.3) is 10.0 Å². The SMILES string of the molecule is COc1ccc(N)cc1NS(=O)(=O)c1ccc(Cl)cc1C. The van der Waals surface area contributed by atoms with Crippen molar-refractivity contribution in [3.05, 3.63) is 47.0 Å². The third-order valence-electron chi connectivity index (χ3n) is 2.89. The van der Waals surface area contributed by atoms with Gasteiger partial charge in [-0.1, -0.05) is 11.6 Å². The summed E-state index contributed by atoms with van der Waals surface area (Å²) in [5.74, 6) is 0.388. The molecule has 3 N–H and O–H groups in total. The molecule has 112 valence electrons. The molecular formula is C14H15ClN2O3S. The minimum absolute atomic E-state index is 0.149. The summed E-state index contributed by atoms with van der Waals surface area (Å²) < 4.78 is 32.5. The lowest BCUT2D eigenvalue weighted by Gasteiger charge is -2.14. The van der Waals surface area contributed by atoms with Gasteiger partial charge in [0, 0.05) is 10.7 Å². The second-order valence-electron chi connectivity index (χ2n) is 4.48. The van der Waals surface area contributed by atoms with Crippen LogP contribution in [0.15, 0.2) is 41.3 Å². The first-order chi connectivity index (χ1) is 9.83. The Morgan fingerprint density at radius 2 is 1.90 bits per heavy atom. The molecular weight excluding hydrogens is 312 g/mol. The molecule has 0 saturated carbocycles. The van der Waals surface area contributed by atoms with Crippen molar-refractivity contribution in [2.75, 3.05) is 17.6 Å². The van der Waals surface area contributed by atoms with Gasteiger partial charge in [-0.25, -0.2) is 8.42 Å². The number of ether oxygens (including phenoxy) is 1. The Kier molecular flexibility index (Phi) is 4.29. The van der Waals surface area contributed by atoms with Crippen molar-refractivity contribution >= 4 is 33.0 Å². The first-order valence-electron chi connectivity index (χ1n) is 6.06. The molecule has 0 radical (unpaired) electrons. The summed E-state index contributed by atoms with van der Waals surface area (Å²) in [5, 5.41) is 0.480. The van der Waals surface area contributed by atoms with Crippen molar-refractivity contribution in [2.45, 2.75) is 11.8 Å². The van der Waals surface area contributed by atoms with Crippen LogP contribution in [0.25, 0.3) is 0 Å². The van der Waals surface area contributed by atoms with Crippen molar-refractivity contribution < 1.29 is 13.2 Å². The van der Waals surface area contributed by atoms with E-state index in [2.05, 4.69) is 4.72 Å². The Balaban J connectivity index is 2.44. The number of nitrogen functional groups attached to an aromatic ring is 1. The molecule has 0 aliphatic heterocycles. The summed E-state index contributed by atoms with van der Waals surface area (Å²) >= 11 is 5.84. The largest absolute Gasteiger partial charge is 0.495 e. The van der Waals surface area contributed by atoms with Crippen LogP contribution in [-0.2, 0) is 10.0 Å². The van der Waals surface area contributed by atoms with Crippen molar-refractivity contribution in [2.24, 2.45) is 0 Å². The van der Waals surface area contributed by atoms with Crippen molar-refractivity contribution in [3.63, 3.8) is 0 Å². The van der Waals surface area contributed by atoms with E-state index < -0.39 is 10.0 Å². The predicted octanol–water partition coefficient (Wildman–Crippen LogP) is 3.04. The van der Waals surface area contributed by atoms with E-state index in [0.717, 1.165) is 0 Å². The molecule has 2 aromatic carbocycles. The number of hydrogen-bond donors (Lipinski definition) is 2. The molecule has 0 aliphatic carbocycles. The Hall–Kier alpha value is -1.92. The monoisotopic (exact) mass is 326 g/mol. The first kappa shape index (κ1) is 15.5. The summed E-state index contributed by atoms with van der Waals surface area (Å²) in [6.45, 7) is 1.68. The van der Waals surface area contributed by atoms with Crippen LogP contribution in [0, 0.1) is 6.92 Å². The molecule has 2 rings (SSSR count). The number of hydrogen-bond acceptors (Lipinski definition) is 4. The summed E-state index contributed by atoms with van der Waals surface area (Å²) in [7, 11) is -2.30. The molecule has 0 spiro atoms. The molecule has 0 unspecified atom stereocenters. The van der Waals surface area contributed by atoms with Crippen LogP contribution in [0.4, 0.5) is 11.4 Å². The molecule has 0 aromatic heterocycles. The van der Waals surface area contributed by atoms with Gasteiger partial charge in [-0.15, -0.1) is 0 Å². The van der Waals surface area contributed by atoms with E-state index >= 15 is 0 Å². The Morgan fingerprint density at radius 1 is 1.19 bits per heavy atom. The maximum absolute atomic E-state index is 12.5. The third kappa shape index (κ3) is 3.40. The van der Waals surface area contributed by atoms with E-state index in [4.69, 9.17) is 22.1 Å². The molecule has 0 bridgehead atoms. The summed E-state index contributed by atoms with van der Waals surface area (Å²) in [6, 6.07) is 9.30. The number of rotatable bonds is 4. The maximum Gasteiger partial charge on any atom is 0.262 e. The summed E-state index contributed by atoms with van der Waals surface area (Å²) in [6.07, 6.45) is 0. The zero-order valence-electron chi connectivity index (χ0n) is 11.6.